The van der Waals surface area contributed by atoms with Gasteiger partial charge in [0, 0.05) is 18.6 Å². The lowest BCUT2D eigenvalue weighted by atomic mass is 10.1. The van der Waals surface area contributed by atoms with Gasteiger partial charge in [0.2, 0.25) is 0 Å². The largest absolute Gasteiger partial charge is 0.310 e. The summed E-state index contributed by atoms with van der Waals surface area (Å²) >= 11 is 0. The van der Waals surface area contributed by atoms with Crippen molar-refractivity contribution in [2.45, 2.75) is 50.6 Å². The van der Waals surface area contributed by atoms with Crippen LogP contribution in [-0.2, 0) is 6.42 Å². The number of rotatable bonds is 5. The van der Waals surface area contributed by atoms with Gasteiger partial charge in [-0.25, -0.2) is 0 Å². The Balaban J connectivity index is 1.36. The predicted octanol–water partition coefficient (Wildman–Crippen LogP) is 2.84. The first-order valence-corrected chi connectivity index (χ1v) is 7.92. The molecule has 0 aromatic heterocycles. The van der Waals surface area contributed by atoms with Crippen molar-refractivity contribution in [1.82, 2.24) is 10.2 Å². The summed E-state index contributed by atoms with van der Waals surface area (Å²) in [6.45, 7) is 3.87. The van der Waals surface area contributed by atoms with Gasteiger partial charge in [0.05, 0.1) is 0 Å². The third kappa shape index (κ3) is 3.80. The first-order valence-electron chi connectivity index (χ1n) is 7.92. The average molecular weight is 258 g/mol. The maximum atomic E-state index is 3.76. The molecule has 1 aromatic carbocycles. The number of nitrogens with one attached hydrogen (secondary N) is 1. The van der Waals surface area contributed by atoms with Crippen molar-refractivity contribution >= 4 is 0 Å². The molecule has 2 nitrogen and oxygen atoms in total. The van der Waals surface area contributed by atoms with E-state index in [-0.39, 0.29) is 0 Å². The fraction of sp³-hybridized carbons (Fsp3) is 0.647. The average Bonchev–Trinajstić information content (AvgIpc) is 2.78. The van der Waals surface area contributed by atoms with Crippen molar-refractivity contribution < 1.29 is 0 Å². The van der Waals surface area contributed by atoms with Crippen LogP contribution in [-0.4, -0.2) is 36.6 Å². The standard InChI is InChI=1S/C17H26N2/c1-2-6-15(7-3-1)8-4-5-12-19-13-11-16-9-10-17(14-19)18-16/h1-3,6-7,16-18H,4-5,8-14H2. The molecule has 2 atom stereocenters. The minimum absolute atomic E-state index is 0.779. The fourth-order valence-electron chi connectivity index (χ4n) is 3.53. The van der Waals surface area contributed by atoms with E-state index in [1.54, 1.807) is 0 Å². The summed E-state index contributed by atoms with van der Waals surface area (Å²) in [5, 5.41) is 3.76. The molecule has 2 bridgehead atoms. The van der Waals surface area contributed by atoms with Gasteiger partial charge < -0.3 is 10.2 Å². The SMILES string of the molecule is c1ccc(CCCCN2CCC3CCC(C2)N3)cc1. The summed E-state index contributed by atoms with van der Waals surface area (Å²) in [5.41, 5.74) is 1.49. The van der Waals surface area contributed by atoms with Crippen molar-refractivity contribution in [3.8, 4) is 0 Å². The van der Waals surface area contributed by atoms with Crippen molar-refractivity contribution in [1.29, 1.82) is 0 Å². The zero-order valence-corrected chi connectivity index (χ0v) is 11.9. The van der Waals surface area contributed by atoms with Crippen LogP contribution in [0.4, 0.5) is 0 Å². The summed E-state index contributed by atoms with van der Waals surface area (Å²) in [4.78, 5) is 2.68. The van der Waals surface area contributed by atoms with Gasteiger partial charge in [-0.2, -0.15) is 0 Å². The van der Waals surface area contributed by atoms with Gasteiger partial charge >= 0.3 is 0 Å². The molecule has 0 radical (unpaired) electrons. The van der Waals surface area contributed by atoms with Crippen LogP contribution in [0.3, 0.4) is 0 Å². The zero-order chi connectivity index (χ0) is 12.9. The Morgan fingerprint density at radius 1 is 1.00 bits per heavy atom. The van der Waals surface area contributed by atoms with Crippen LogP contribution in [0.15, 0.2) is 30.3 Å². The van der Waals surface area contributed by atoms with Crippen LogP contribution < -0.4 is 5.32 Å². The molecular weight excluding hydrogens is 232 g/mol. The Morgan fingerprint density at radius 2 is 1.84 bits per heavy atom. The van der Waals surface area contributed by atoms with E-state index in [0.717, 1.165) is 12.1 Å². The molecule has 0 aliphatic carbocycles. The molecule has 2 unspecified atom stereocenters. The third-order valence-corrected chi connectivity index (χ3v) is 4.64. The van der Waals surface area contributed by atoms with Gasteiger partial charge in [0.25, 0.3) is 0 Å². The number of benzene rings is 1. The molecule has 19 heavy (non-hydrogen) atoms. The number of aryl methyl sites for hydroxylation is 1. The molecule has 0 spiro atoms. The second-order valence-corrected chi connectivity index (χ2v) is 6.17. The van der Waals surface area contributed by atoms with Crippen LogP contribution in [0.25, 0.3) is 0 Å². The molecule has 104 valence electrons. The van der Waals surface area contributed by atoms with E-state index in [9.17, 15) is 0 Å². The maximum Gasteiger partial charge on any atom is 0.0198 e. The summed E-state index contributed by atoms with van der Waals surface area (Å²) < 4.78 is 0. The topological polar surface area (TPSA) is 15.3 Å². The second kappa shape index (κ2) is 6.53. The van der Waals surface area contributed by atoms with E-state index in [1.807, 2.05) is 0 Å². The number of unbranched alkanes of at least 4 members (excludes halogenated alkanes) is 1. The van der Waals surface area contributed by atoms with E-state index in [1.165, 1.54) is 63.7 Å². The van der Waals surface area contributed by atoms with E-state index in [2.05, 4.69) is 40.5 Å². The number of nitrogens with zero attached hydrogens (tertiary/aromatic N) is 1. The third-order valence-electron chi connectivity index (χ3n) is 4.64. The summed E-state index contributed by atoms with van der Waals surface area (Å²) in [7, 11) is 0. The molecule has 0 saturated carbocycles. The molecule has 0 amide bonds. The van der Waals surface area contributed by atoms with E-state index in [0.29, 0.717) is 0 Å². The van der Waals surface area contributed by atoms with Crippen LogP contribution in [0.1, 0.15) is 37.7 Å². The van der Waals surface area contributed by atoms with Crippen molar-refractivity contribution in [2.75, 3.05) is 19.6 Å². The minimum atomic E-state index is 0.779. The summed E-state index contributed by atoms with van der Waals surface area (Å²) in [6.07, 6.45) is 8.06. The molecule has 1 N–H and O–H groups in total. The molecule has 2 heteroatoms. The highest BCUT2D eigenvalue weighted by atomic mass is 15.2. The first-order chi connectivity index (χ1) is 9.40. The van der Waals surface area contributed by atoms with Crippen LogP contribution >= 0.6 is 0 Å². The maximum absolute atomic E-state index is 3.76. The number of fused-ring (bicyclic) bond motifs is 2. The molecule has 3 rings (SSSR count). The highest BCUT2D eigenvalue weighted by Crippen LogP contribution is 2.20. The molecule has 2 saturated heterocycles. The van der Waals surface area contributed by atoms with Crippen LogP contribution in [0.5, 0.6) is 0 Å². The predicted molar refractivity (Wildman–Crippen MR) is 80.4 cm³/mol. The lowest BCUT2D eigenvalue weighted by Gasteiger charge is -2.23. The molecule has 1 aromatic rings. The van der Waals surface area contributed by atoms with Crippen LogP contribution in [0.2, 0.25) is 0 Å². The molecule has 2 aliphatic heterocycles. The quantitative estimate of drug-likeness (QED) is 0.817. The highest BCUT2D eigenvalue weighted by molar-refractivity contribution is 5.14. The number of likely N-dealkylation sites (tertiary alicyclic amines) is 1. The van der Waals surface area contributed by atoms with E-state index < -0.39 is 0 Å². The number of hydrogen-bond acceptors (Lipinski definition) is 2. The normalized spacial score (nSPS) is 27.4. The Labute approximate surface area is 117 Å². The van der Waals surface area contributed by atoms with Gasteiger partial charge in [-0.15, -0.1) is 0 Å². The van der Waals surface area contributed by atoms with Crippen molar-refractivity contribution in [3.63, 3.8) is 0 Å². The highest BCUT2D eigenvalue weighted by Gasteiger charge is 2.28. The molecule has 2 aliphatic rings. The van der Waals surface area contributed by atoms with Crippen LogP contribution in [0, 0.1) is 0 Å². The van der Waals surface area contributed by atoms with Gasteiger partial charge in [0.1, 0.15) is 0 Å². The van der Waals surface area contributed by atoms with Crippen molar-refractivity contribution in [3.05, 3.63) is 35.9 Å². The lowest BCUT2D eigenvalue weighted by Crippen LogP contribution is -2.35. The Kier molecular flexibility index (Phi) is 4.52. The first kappa shape index (κ1) is 13.1. The zero-order valence-electron chi connectivity index (χ0n) is 11.9. The van der Waals surface area contributed by atoms with Gasteiger partial charge in [-0.1, -0.05) is 30.3 Å². The Morgan fingerprint density at radius 3 is 2.74 bits per heavy atom. The Hall–Kier alpha value is -0.860. The molecule has 2 fully saturated rings. The van der Waals surface area contributed by atoms with E-state index >= 15 is 0 Å². The molecular formula is C17H26N2. The van der Waals surface area contributed by atoms with Gasteiger partial charge in [0.15, 0.2) is 0 Å². The minimum Gasteiger partial charge on any atom is -0.310 e. The van der Waals surface area contributed by atoms with Crippen molar-refractivity contribution in [2.24, 2.45) is 0 Å². The van der Waals surface area contributed by atoms with Gasteiger partial charge in [-0.3, -0.25) is 0 Å². The van der Waals surface area contributed by atoms with E-state index in [4.69, 9.17) is 0 Å². The Bertz CT molecular complexity index is 376. The lowest BCUT2D eigenvalue weighted by molar-refractivity contribution is 0.254. The number of hydrogen-bond donors (Lipinski definition) is 1. The smallest absolute Gasteiger partial charge is 0.0198 e. The molecule has 2 heterocycles. The summed E-state index contributed by atoms with van der Waals surface area (Å²) in [5.74, 6) is 0. The van der Waals surface area contributed by atoms with Gasteiger partial charge in [-0.05, 0) is 57.2 Å². The second-order valence-electron chi connectivity index (χ2n) is 6.17. The fourth-order valence-corrected chi connectivity index (χ4v) is 3.53. The monoisotopic (exact) mass is 258 g/mol. The summed E-state index contributed by atoms with van der Waals surface area (Å²) in [6, 6.07) is 12.5.